The van der Waals surface area contributed by atoms with E-state index in [0.29, 0.717) is 33.8 Å². The lowest BCUT2D eigenvalue weighted by atomic mass is 10.1. The van der Waals surface area contributed by atoms with E-state index < -0.39 is 22.5 Å². The number of aryl methyl sites for hydroxylation is 3. The molecule has 0 aromatic heterocycles. The van der Waals surface area contributed by atoms with Crippen molar-refractivity contribution in [3.8, 4) is 11.5 Å². The van der Waals surface area contributed by atoms with Crippen LogP contribution in [0.25, 0.3) is 0 Å². The summed E-state index contributed by atoms with van der Waals surface area (Å²) in [5.41, 5.74) is 7.43. The molecule has 3 rings (SSSR count). The molecular weight excluding hydrogens is 558 g/mol. The van der Waals surface area contributed by atoms with Gasteiger partial charge in [0.1, 0.15) is 13.2 Å². The number of nitrogens with zero attached hydrogens (tertiary/aromatic N) is 2. The van der Waals surface area contributed by atoms with E-state index in [1.54, 1.807) is 31.2 Å². The molecule has 3 aromatic carbocycles. The maximum absolute atomic E-state index is 12.5. The lowest BCUT2D eigenvalue weighted by Gasteiger charge is -2.23. The summed E-state index contributed by atoms with van der Waals surface area (Å²) in [7, 11) is -2.15. The predicted octanol–water partition coefficient (Wildman–Crippen LogP) is 4.88. The molecule has 0 saturated heterocycles. The molecule has 0 atom stereocenters. The number of benzene rings is 3. The fourth-order valence-corrected chi connectivity index (χ4v) is 5.09. The van der Waals surface area contributed by atoms with Crippen LogP contribution in [0.1, 0.15) is 27.8 Å². The second-order valence-corrected chi connectivity index (χ2v) is 11.4. The fourth-order valence-electron chi connectivity index (χ4n) is 3.61. The first kappa shape index (κ1) is 28.2. The van der Waals surface area contributed by atoms with Crippen LogP contribution in [0, 0.1) is 20.8 Å². The Bertz CT molecular complexity index is 1410. The second kappa shape index (κ2) is 12.2. The molecule has 0 spiro atoms. The molecule has 3 aromatic rings. The number of rotatable bonds is 10. The van der Waals surface area contributed by atoms with Gasteiger partial charge in [-0.15, -0.1) is 0 Å². The molecule has 0 aliphatic heterocycles. The fraction of sp³-hybridized carbons (Fsp3) is 0.259. The van der Waals surface area contributed by atoms with Crippen LogP contribution in [-0.4, -0.2) is 40.4 Å². The number of hydrogen-bond acceptors (Lipinski definition) is 6. The third-order valence-corrected chi connectivity index (χ3v) is 7.18. The van der Waals surface area contributed by atoms with Crippen LogP contribution in [0.2, 0.25) is 0 Å². The molecule has 0 bridgehead atoms. The Kier molecular flexibility index (Phi) is 9.34. The van der Waals surface area contributed by atoms with Gasteiger partial charge >= 0.3 is 0 Å². The monoisotopic (exact) mass is 587 g/mol. The molecule has 10 heteroatoms. The molecule has 37 heavy (non-hydrogen) atoms. The van der Waals surface area contributed by atoms with E-state index in [2.05, 4.69) is 26.5 Å². The van der Waals surface area contributed by atoms with Gasteiger partial charge in [-0.05, 0) is 71.6 Å². The lowest BCUT2D eigenvalue weighted by molar-refractivity contribution is -0.119. The molecule has 0 unspecified atom stereocenters. The molecule has 1 amide bonds. The summed E-state index contributed by atoms with van der Waals surface area (Å²) in [5, 5.41) is 3.99. The number of sulfonamides is 1. The Balaban J connectivity index is 1.69. The summed E-state index contributed by atoms with van der Waals surface area (Å²) in [6.07, 6.45) is 2.51. The van der Waals surface area contributed by atoms with Crippen molar-refractivity contribution in [1.29, 1.82) is 0 Å². The second-order valence-electron chi connectivity index (χ2n) is 8.66. The molecule has 0 radical (unpaired) electrons. The number of amides is 1. The van der Waals surface area contributed by atoms with Gasteiger partial charge in [0.25, 0.3) is 5.91 Å². The largest absolute Gasteiger partial charge is 0.493 e. The summed E-state index contributed by atoms with van der Waals surface area (Å²) in [5.74, 6) is 0.458. The summed E-state index contributed by atoms with van der Waals surface area (Å²) >= 11 is 3.51. The molecule has 0 saturated carbocycles. The highest BCUT2D eigenvalue weighted by atomic mass is 79.9. The van der Waals surface area contributed by atoms with E-state index in [1.807, 2.05) is 44.2 Å². The zero-order valence-electron chi connectivity index (χ0n) is 21.4. The topological polar surface area (TPSA) is 97.3 Å². The Hall–Kier alpha value is -3.37. The minimum Gasteiger partial charge on any atom is -0.493 e. The number of methoxy groups -OCH3 is 1. The summed E-state index contributed by atoms with van der Waals surface area (Å²) < 4.78 is 37.9. The van der Waals surface area contributed by atoms with Crippen molar-refractivity contribution in [2.24, 2.45) is 5.10 Å². The highest BCUT2D eigenvalue weighted by Crippen LogP contribution is 2.37. The van der Waals surface area contributed by atoms with Gasteiger partial charge < -0.3 is 9.47 Å². The summed E-state index contributed by atoms with van der Waals surface area (Å²) in [6.45, 7) is 5.71. The first-order valence-electron chi connectivity index (χ1n) is 11.4. The van der Waals surface area contributed by atoms with Crippen molar-refractivity contribution in [3.05, 3.63) is 86.9 Å². The number of halogens is 1. The van der Waals surface area contributed by atoms with Crippen molar-refractivity contribution >= 4 is 43.8 Å². The average Bonchev–Trinajstić information content (AvgIpc) is 2.82. The third-order valence-electron chi connectivity index (χ3n) is 5.47. The van der Waals surface area contributed by atoms with Gasteiger partial charge in [-0.1, -0.05) is 47.5 Å². The highest BCUT2D eigenvalue weighted by molar-refractivity contribution is 9.10. The lowest BCUT2D eigenvalue weighted by Crippen LogP contribution is -2.39. The third kappa shape index (κ3) is 7.80. The SMILES string of the molecule is COc1cc(/C=N\NC(=O)CN(c2ccc(C)cc2C)S(C)(=O)=O)cc(Br)c1OCc1ccc(C)cc1. The summed E-state index contributed by atoms with van der Waals surface area (Å²) in [6, 6.07) is 16.9. The Morgan fingerprint density at radius 2 is 1.73 bits per heavy atom. The smallest absolute Gasteiger partial charge is 0.260 e. The molecule has 0 heterocycles. The van der Waals surface area contributed by atoms with Crippen LogP contribution in [0.15, 0.2) is 64.2 Å². The molecular formula is C27H30BrN3O5S. The molecule has 1 N–H and O–H groups in total. The van der Waals surface area contributed by atoms with E-state index in [1.165, 1.54) is 18.9 Å². The predicted molar refractivity (Wildman–Crippen MR) is 150 cm³/mol. The van der Waals surface area contributed by atoms with Gasteiger partial charge in [0, 0.05) is 0 Å². The van der Waals surface area contributed by atoms with Crippen molar-refractivity contribution < 1.29 is 22.7 Å². The molecule has 196 valence electrons. The van der Waals surface area contributed by atoms with Gasteiger partial charge in [0.05, 0.1) is 29.7 Å². The molecule has 8 nitrogen and oxygen atoms in total. The zero-order chi connectivity index (χ0) is 27.2. The Morgan fingerprint density at radius 3 is 2.35 bits per heavy atom. The number of ether oxygens (including phenoxy) is 2. The minimum atomic E-state index is -3.69. The van der Waals surface area contributed by atoms with Crippen molar-refractivity contribution in [2.75, 3.05) is 24.2 Å². The van der Waals surface area contributed by atoms with Gasteiger partial charge in [-0.25, -0.2) is 13.8 Å². The Morgan fingerprint density at radius 1 is 1.05 bits per heavy atom. The number of hydrazone groups is 1. The van der Waals surface area contributed by atoms with Crippen LogP contribution in [-0.2, 0) is 21.4 Å². The van der Waals surface area contributed by atoms with Gasteiger partial charge in [0.2, 0.25) is 10.0 Å². The maximum Gasteiger partial charge on any atom is 0.260 e. The molecule has 0 aliphatic carbocycles. The summed E-state index contributed by atoms with van der Waals surface area (Å²) in [4.78, 5) is 12.5. The quantitative estimate of drug-likeness (QED) is 0.269. The Labute approximate surface area is 226 Å². The van der Waals surface area contributed by atoms with Gasteiger partial charge in [0.15, 0.2) is 11.5 Å². The van der Waals surface area contributed by atoms with Gasteiger partial charge in [-0.2, -0.15) is 5.10 Å². The van der Waals surface area contributed by atoms with E-state index in [-0.39, 0.29) is 0 Å². The number of anilines is 1. The van der Waals surface area contributed by atoms with Crippen LogP contribution in [0.3, 0.4) is 0 Å². The average molecular weight is 589 g/mol. The molecule has 0 fully saturated rings. The maximum atomic E-state index is 12.5. The normalized spacial score (nSPS) is 11.4. The van der Waals surface area contributed by atoms with Gasteiger partial charge in [-0.3, -0.25) is 9.10 Å². The van der Waals surface area contributed by atoms with Crippen LogP contribution >= 0.6 is 15.9 Å². The highest BCUT2D eigenvalue weighted by Gasteiger charge is 2.22. The minimum absolute atomic E-state index is 0.371. The first-order chi connectivity index (χ1) is 17.5. The standard InChI is InChI=1S/C27H30BrN3O5S/c1-18-6-9-21(10-7-18)17-36-27-23(28)13-22(14-25(27)35-4)15-29-30-26(32)16-31(37(5,33)34)24-11-8-19(2)12-20(24)3/h6-15H,16-17H2,1-5H3,(H,30,32)/b29-15-. The zero-order valence-corrected chi connectivity index (χ0v) is 23.8. The van der Waals surface area contributed by atoms with Crippen molar-refractivity contribution in [2.45, 2.75) is 27.4 Å². The van der Waals surface area contributed by atoms with Crippen LogP contribution < -0.4 is 19.2 Å². The number of carbonyl (C=O) groups excluding carboxylic acids is 1. The number of carbonyl (C=O) groups is 1. The van der Waals surface area contributed by atoms with Crippen LogP contribution in [0.5, 0.6) is 11.5 Å². The first-order valence-corrected chi connectivity index (χ1v) is 14.0. The van der Waals surface area contributed by atoms with Crippen LogP contribution in [0.4, 0.5) is 5.69 Å². The molecule has 0 aliphatic rings. The van der Waals surface area contributed by atoms with E-state index in [4.69, 9.17) is 9.47 Å². The number of hydrogen-bond donors (Lipinski definition) is 1. The van der Waals surface area contributed by atoms with Crippen molar-refractivity contribution in [3.63, 3.8) is 0 Å². The van der Waals surface area contributed by atoms with E-state index >= 15 is 0 Å². The van der Waals surface area contributed by atoms with Crippen molar-refractivity contribution in [1.82, 2.24) is 5.43 Å². The van der Waals surface area contributed by atoms with E-state index in [0.717, 1.165) is 27.3 Å². The van der Waals surface area contributed by atoms with E-state index in [9.17, 15) is 13.2 Å². The number of nitrogens with one attached hydrogen (secondary N) is 1.